The van der Waals surface area contributed by atoms with E-state index in [0.717, 1.165) is 58.8 Å². The van der Waals surface area contributed by atoms with Gasteiger partial charge in [-0.25, -0.2) is 0 Å². The van der Waals surface area contributed by atoms with Gasteiger partial charge in [-0.05, 0) is 56.6 Å². The van der Waals surface area contributed by atoms with Crippen LogP contribution in [0.5, 0.6) is 0 Å². The van der Waals surface area contributed by atoms with Gasteiger partial charge in [0.25, 0.3) is 11.8 Å². The normalized spacial score (nSPS) is 21.6. The molecule has 8 heteroatoms. The third-order valence-corrected chi connectivity index (χ3v) is 7.62. The van der Waals surface area contributed by atoms with Crippen molar-refractivity contribution in [3.8, 4) is 0 Å². The number of aromatic nitrogens is 3. The van der Waals surface area contributed by atoms with Crippen molar-refractivity contribution in [3.63, 3.8) is 0 Å². The zero-order chi connectivity index (χ0) is 21.8. The van der Waals surface area contributed by atoms with Crippen molar-refractivity contribution in [2.24, 2.45) is 5.92 Å². The first-order chi connectivity index (χ1) is 15.6. The topological polar surface area (TPSA) is 83.0 Å². The van der Waals surface area contributed by atoms with Crippen LogP contribution in [0.25, 0.3) is 33.5 Å². The molecule has 3 aromatic rings. The molecule has 2 N–H and O–H groups in total. The van der Waals surface area contributed by atoms with Crippen molar-refractivity contribution >= 4 is 56.7 Å². The molecule has 7 nitrogen and oxygen atoms in total. The number of nitrogens with one attached hydrogen (secondary N) is 2. The molecule has 1 aliphatic carbocycles. The van der Waals surface area contributed by atoms with Crippen molar-refractivity contribution in [1.82, 2.24) is 25.0 Å². The summed E-state index contributed by atoms with van der Waals surface area (Å²) in [6.45, 7) is 3.03. The van der Waals surface area contributed by atoms with Crippen molar-refractivity contribution in [2.45, 2.75) is 32.2 Å². The molecule has 1 atom stereocenters. The first-order valence-corrected chi connectivity index (χ1v) is 12.1. The molecule has 0 saturated carbocycles. The van der Waals surface area contributed by atoms with E-state index in [-0.39, 0.29) is 11.8 Å². The maximum Gasteiger partial charge on any atom is 0.261 e. The molecule has 0 bridgehead atoms. The number of H-pyrrole nitrogens is 1. The number of likely N-dealkylation sites (tertiary alicyclic amines) is 1. The van der Waals surface area contributed by atoms with Gasteiger partial charge in [-0.15, -0.1) is 11.3 Å². The molecule has 2 amide bonds. The molecule has 3 aliphatic rings. The first kappa shape index (κ1) is 19.7. The van der Waals surface area contributed by atoms with Gasteiger partial charge in [-0.3, -0.25) is 19.6 Å². The van der Waals surface area contributed by atoms with E-state index in [1.54, 1.807) is 11.3 Å². The van der Waals surface area contributed by atoms with Gasteiger partial charge in [-0.1, -0.05) is 12.2 Å². The number of amides is 2. The molecule has 0 spiro atoms. The van der Waals surface area contributed by atoms with Crippen LogP contribution in [0.3, 0.4) is 0 Å². The Morgan fingerprint density at radius 2 is 2.03 bits per heavy atom. The Morgan fingerprint density at radius 1 is 1.19 bits per heavy atom. The zero-order valence-corrected chi connectivity index (χ0v) is 18.8. The number of imide groups is 1. The number of piperidine rings is 1. The van der Waals surface area contributed by atoms with Crippen LogP contribution in [0.1, 0.15) is 36.9 Å². The third-order valence-electron chi connectivity index (χ3n) is 6.78. The Hall–Kier alpha value is -2.97. The van der Waals surface area contributed by atoms with Crippen LogP contribution in [0.2, 0.25) is 0 Å². The number of nitrogens with zero attached hydrogens (tertiary/aromatic N) is 3. The molecule has 0 radical (unpaired) electrons. The van der Waals surface area contributed by atoms with E-state index in [0.29, 0.717) is 22.8 Å². The number of thiophene rings is 1. The van der Waals surface area contributed by atoms with Gasteiger partial charge in [0.05, 0.1) is 16.5 Å². The summed E-state index contributed by atoms with van der Waals surface area (Å²) < 4.78 is 2.07. The summed E-state index contributed by atoms with van der Waals surface area (Å²) in [5.74, 6) is -0.184. The lowest BCUT2D eigenvalue weighted by Gasteiger charge is -2.29. The molecular weight excluding hydrogens is 422 g/mol. The first-order valence-electron chi connectivity index (χ1n) is 11.2. The van der Waals surface area contributed by atoms with Gasteiger partial charge >= 0.3 is 0 Å². The lowest BCUT2D eigenvalue weighted by molar-refractivity contribution is -0.122. The van der Waals surface area contributed by atoms with Crippen molar-refractivity contribution < 1.29 is 9.59 Å². The molecule has 1 unspecified atom stereocenters. The Kier molecular flexibility index (Phi) is 4.66. The molecular formula is C24H25N5O2S. The Bertz CT molecular complexity index is 1410. The summed E-state index contributed by atoms with van der Waals surface area (Å²) in [5, 5.41) is 12.5. The monoisotopic (exact) mass is 447 g/mol. The number of aromatic amines is 1. The third kappa shape index (κ3) is 3.09. The summed E-state index contributed by atoms with van der Waals surface area (Å²) in [7, 11) is 2.17. The average molecular weight is 448 g/mol. The standard InChI is InChI=1S/C24H25N5O2S/c1-28-9-4-5-14(12-28)13-29-18-7-3-2-6-16(18)21(27-29)20-19(22(30)26-23(20)31)17-11-25-24-15(17)8-10-32-24/h6-8,10-11,14,25H,2-5,9,12-13H2,1H3,(H,26,30,31). The molecule has 0 aromatic carbocycles. The minimum Gasteiger partial charge on any atom is -0.352 e. The minimum absolute atomic E-state index is 0.353. The Balaban J connectivity index is 1.52. The molecule has 164 valence electrons. The second-order valence-electron chi connectivity index (χ2n) is 8.98. The number of carbonyl (C=O) groups is 2. The van der Waals surface area contributed by atoms with E-state index < -0.39 is 0 Å². The van der Waals surface area contributed by atoms with Crippen LogP contribution in [0.4, 0.5) is 0 Å². The molecule has 1 saturated heterocycles. The molecule has 5 heterocycles. The predicted molar refractivity (Wildman–Crippen MR) is 126 cm³/mol. The maximum absolute atomic E-state index is 13.0. The summed E-state index contributed by atoms with van der Waals surface area (Å²) >= 11 is 1.58. The SMILES string of the molecule is CN1CCCC(Cn2nc(C3=C(c4c[nH]c5sccc45)C(=O)NC3=O)c3c2=CCCC=3)C1. The van der Waals surface area contributed by atoms with Crippen LogP contribution in [0.15, 0.2) is 17.6 Å². The minimum atomic E-state index is -0.363. The van der Waals surface area contributed by atoms with Crippen LogP contribution in [-0.4, -0.2) is 51.6 Å². The highest BCUT2D eigenvalue weighted by Gasteiger charge is 2.36. The van der Waals surface area contributed by atoms with E-state index in [1.807, 2.05) is 17.6 Å². The van der Waals surface area contributed by atoms with E-state index in [1.165, 1.54) is 12.8 Å². The second-order valence-corrected chi connectivity index (χ2v) is 9.90. The van der Waals surface area contributed by atoms with Crippen molar-refractivity contribution in [3.05, 3.63) is 39.5 Å². The fraction of sp³-hybridized carbons (Fsp3) is 0.375. The molecule has 2 aliphatic heterocycles. The fourth-order valence-electron chi connectivity index (χ4n) is 5.34. The maximum atomic E-state index is 13.0. The number of rotatable bonds is 4. The molecule has 32 heavy (non-hydrogen) atoms. The molecule has 1 fully saturated rings. The highest BCUT2D eigenvalue weighted by atomic mass is 32.1. The van der Waals surface area contributed by atoms with E-state index in [4.69, 9.17) is 5.10 Å². The summed E-state index contributed by atoms with van der Waals surface area (Å²) in [6.07, 6.45) is 10.5. The Labute approximate surface area is 189 Å². The second kappa shape index (κ2) is 7.56. The summed E-state index contributed by atoms with van der Waals surface area (Å²) in [5.41, 5.74) is 2.20. The highest BCUT2D eigenvalue weighted by Crippen LogP contribution is 2.35. The number of hydrogen-bond acceptors (Lipinski definition) is 5. The molecule has 6 rings (SSSR count). The number of fused-ring (bicyclic) bond motifs is 2. The van der Waals surface area contributed by atoms with Crippen molar-refractivity contribution in [1.29, 1.82) is 0 Å². The summed E-state index contributed by atoms with van der Waals surface area (Å²) in [6, 6.07) is 1.99. The van der Waals surface area contributed by atoms with Crippen molar-refractivity contribution in [2.75, 3.05) is 20.1 Å². The number of hydrogen-bond donors (Lipinski definition) is 2. The average Bonchev–Trinajstić information content (AvgIpc) is 3.52. The smallest absolute Gasteiger partial charge is 0.261 e. The van der Waals surface area contributed by atoms with Gasteiger partial charge in [0.1, 0.15) is 10.5 Å². The van der Waals surface area contributed by atoms with Gasteiger partial charge in [-0.2, -0.15) is 5.10 Å². The number of carbonyl (C=O) groups excluding carboxylic acids is 2. The fourth-order valence-corrected chi connectivity index (χ4v) is 6.11. The zero-order valence-electron chi connectivity index (χ0n) is 18.0. The Morgan fingerprint density at radius 3 is 2.91 bits per heavy atom. The van der Waals surface area contributed by atoms with E-state index in [2.05, 4.69) is 39.1 Å². The lowest BCUT2D eigenvalue weighted by atomic mass is 9.98. The quantitative estimate of drug-likeness (QED) is 0.597. The largest absolute Gasteiger partial charge is 0.352 e. The van der Waals surface area contributed by atoms with Gasteiger partial charge < -0.3 is 9.88 Å². The molecule has 3 aromatic heterocycles. The summed E-state index contributed by atoms with van der Waals surface area (Å²) in [4.78, 5) is 32.5. The predicted octanol–water partition coefficient (Wildman–Crippen LogP) is 1.69. The van der Waals surface area contributed by atoms with Gasteiger partial charge in [0.15, 0.2) is 0 Å². The highest BCUT2D eigenvalue weighted by molar-refractivity contribution is 7.16. The lowest BCUT2D eigenvalue weighted by Crippen LogP contribution is -2.38. The van der Waals surface area contributed by atoms with Crippen LogP contribution in [0, 0.1) is 5.92 Å². The van der Waals surface area contributed by atoms with Gasteiger partial charge in [0, 0.05) is 35.5 Å². The van der Waals surface area contributed by atoms with Crippen LogP contribution < -0.4 is 15.9 Å². The van der Waals surface area contributed by atoms with Crippen LogP contribution >= 0.6 is 11.3 Å². The van der Waals surface area contributed by atoms with E-state index >= 15 is 0 Å². The van der Waals surface area contributed by atoms with Gasteiger partial charge in [0.2, 0.25) is 0 Å². The van der Waals surface area contributed by atoms with Crippen LogP contribution in [-0.2, 0) is 16.1 Å². The van der Waals surface area contributed by atoms with E-state index in [9.17, 15) is 9.59 Å².